The molecule has 0 amide bonds. The van der Waals surface area contributed by atoms with E-state index in [0.29, 0.717) is 35.7 Å². The Morgan fingerprint density at radius 3 is 1.38 bits per heavy atom. The summed E-state index contributed by atoms with van der Waals surface area (Å²) in [5.74, 6) is 0.788. The first kappa shape index (κ1) is 50.2. The van der Waals surface area contributed by atoms with E-state index >= 15 is 0 Å². The molecule has 0 atom stereocenters. The summed E-state index contributed by atoms with van der Waals surface area (Å²) in [6.45, 7) is 0.233. The molecule has 0 aromatic heterocycles. The molecule has 0 aliphatic carbocycles. The summed E-state index contributed by atoms with van der Waals surface area (Å²) in [6.07, 6.45) is 2.90. The summed E-state index contributed by atoms with van der Waals surface area (Å²) in [7, 11) is -4.93. The largest absolute Gasteiger partial charge is 0.507 e. The van der Waals surface area contributed by atoms with Gasteiger partial charge < -0.3 is 45.7 Å². The normalized spacial score (nSPS) is 10.5. The number of ketones is 1. The van der Waals surface area contributed by atoms with E-state index in [1.165, 1.54) is 20.3 Å². The molecule has 58 heavy (non-hydrogen) atoms. The van der Waals surface area contributed by atoms with Gasteiger partial charge in [-0.15, -0.1) is 0 Å². The quantitative estimate of drug-likeness (QED) is 0.0228. The molecule has 0 saturated heterocycles. The van der Waals surface area contributed by atoms with Gasteiger partial charge in [0.2, 0.25) is 5.78 Å². The molecule has 11 N–H and O–H groups in total. The number of aliphatic hydroxyl groups is 2. The molecule has 0 radical (unpaired) electrons. The van der Waals surface area contributed by atoms with E-state index in [4.69, 9.17) is 60.6 Å². The minimum atomic E-state index is -3.92. The van der Waals surface area contributed by atoms with Crippen LogP contribution in [0.25, 0.3) is 0 Å². The van der Waals surface area contributed by atoms with Gasteiger partial charge in [0, 0.05) is 28.8 Å². The monoisotopic (exact) mass is 850 g/mol. The number of amidine groups is 2. The number of rotatable bonds is 18. The van der Waals surface area contributed by atoms with Gasteiger partial charge in [-0.05, 0) is 67.8 Å². The fourth-order valence-electron chi connectivity index (χ4n) is 4.27. The van der Waals surface area contributed by atoms with Crippen LogP contribution in [0.1, 0.15) is 46.3 Å². The third-order valence-electron chi connectivity index (χ3n) is 7.13. The van der Waals surface area contributed by atoms with E-state index in [2.05, 4.69) is 0 Å². The third-order valence-corrected chi connectivity index (χ3v) is 8.53. The molecule has 0 bridgehead atoms. The lowest BCUT2D eigenvalue weighted by Crippen LogP contribution is -2.10. The van der Waals surface area contributed by atoms with Crippen LogP contribution in [0.15, 0.2) is 91.0 Å². The fraction of sp³-hybridized carbons (Fsp3) is 0.289. The maximum absolute atomic E-state index is 12.4. The highest BCUT2D eigenvalue weighted by molar-refractivity contribution is 7.86. The van der Waals surface area contributed by atoms with Crippen molar-refractivity contribution >= 4 is 37.7 Å². The molecule has 4 aromatic carbocycles. The molecule has 0 unspecified atom stereocenters. The summed E-state index contributed by atoms with van der Waals surface area (Å²) in [5.41, 5.74) is 12.8. The smallest absolute Gasteiger partial charge is 0.267 e. The lowest BCUT2D eigenvalue weighted by Gasteiger charge is -2.11. The first-order valence-electron chi connectivity index (χ1n) is 17.2. The Labute approximate surface area is 337 Å². The number of carbonyl (C=O) groups is 1. The van der Waals surface area contributed by atoms with Gasteiger partial charge in [-0.3, -0.25) is 24.7 Å². The van der Waals surface area contributed by atoms with E-state index in [0.717, 1.165) is 30.8 Å². The molecule has 0 spiro atoms. The van der Waals surface area contributed by atoms with Crippen LogP contribution in [-0.2, 0) is 20.2 Å². The molecule has 18 nitrogen and oxygen atoms in total. The van der Waals surface area contributed by atoms with Crippen molar-refractivity contribution in [2.45, 2.75) is 19.3 Å². The maximum Gasteiger partial charge on any atom is 0.267 e. The Bertz CT molecular complexity index is 1990. The van der Waals surface area contributed by atoms with Crippen molar-refractivity contribution in [2.75, 3.05) is 52.2 Å². The first-order valence-corrected chi connectivity index (χ1v) is 20.4. The minimum absolute atomic E-state index is 0.0579. The van der Waals surface area contributed by atoms with E-state index in [1.807, 2.05) is 30.3 Å². The SMILES string of the molecule is COc1cc(O)c(C(=O)c2ccccc2)c(OC)c1.N=C(N)c1ccc(OCCCCCOc2ccc(C(=N)N)cc2)cc1.O=S(=O)(O)CCO.O=S(=O)(O)CCO. The number of nitrogens with one attached hydrogen (secondary N) is 2. The van der Waals surface area contributed by atoms with E-state index in [9.17, 15) is 26.7 Å². The van der Waals surface area contributed by atoms with Gasteiger partial charge in [-0.25, -0.2) is 0 Å². The summed E-state index contributed by atoms with van der Waals surface area (Å²) < 4.78 is 75.7. The Hall–Kier alpha value is -5.77. The molecule has 4 rings (SSSR count). The first-order chi connectivity index (χ1) is 27.3. The molecule has 0 aliphatic heterocycles. The number of phenolic OH excluding ortho intramolecular Hbond substituents is 1. The van der Waals surface area contributed by atoms with Crippen molar-refractivity contribution in [1.29, 1.82) is 10.8 Å². The Kier molecular flexibility index (Phi) is 22.7. The molecule has 318 valence electrons. The highest BCUT2D eigenvalue weighted by atomic mass is 32.2. The maximum atomic E-state index is 12.4. The molecule has 0 saturated carbocycles. The zero-order valence-corrected chi connectivity index (χ0v) is 33.5. The van der Waals surface area contributed by atoms with Gasteiger partial charge in [0.1, 0.15) is 46.0 Å². The van der Waals surface area contributed by atoms with Crippen LogP contribution in [0.2, 0.25) is 0 Å². The predicted octanol–water partition coefficient (Wildman–Crippen LogP) is 3.26. The lowest BCUT2D eigenvalue weighted by molar-refractivity contribution is 0.103. The van der Waals surface area contributed by atoms with Gasteiger partial charge in [0.15, 0.2) is 0 Å². The average Bonchev–Trinajstić information content (AvgIpc) is 3.17. The molecule has 20 heteroatoms. The van der Waals surface area contributed by atoms with Gasteiger partial charge in [0.25, 0.3) is 20.2 Å². The molecule has 4 aromatic rings. The summed E-state index contributed by atoms with van der Waals surface area (Å²) >= 11 is 0. The van der Waals surface area contributed by atoms with Crippen molar-refractivity contribution in [3.05, 3.63) is 113 Å². The topological polar surface area (TPSA) is 323 Å². The van der Waals surface area contributed by atoms with Gasteiger partial charge in [-0.1, -0.05) is 30.3 Å². The third kappa shape index (κ3) is 20.9. The number of hydrogen-bond donors (Lipinski definition) is 9. The molecule has 0 fully saturated rings. The number of benzene rings is 4. The van der Waals surface area contributed by atoms with Crippen LogP contribution < -0.4 is 30.4 Å². The van der Waals surface area contributed by atoms with E-state index in [1.54, 1.807) is 54.6 Å². The number of aliphatic hydroxyl groups excluding tert-OH is 2. The summed E-state index contributed by atoms with van der Waals surface area (Å²) in [4.78, 5) is 12.4. The number of ether oxygens (including phenoxy) is 4. The van der Waals surface area contributed by atoms with Crippen molar-refractivity contribution in [2.24, 2.45) is 11.5 Å². The van der Waals surface area contributed by atoms with Crippen LogP contribution in [0.4, 0.5) is 0 Å². The second-order valence-electron chi connectivity index (χ2n) is 11.6. The van der Waals surface area contributed by atoms with Crippen LogP contribution in [0, 0.1) is 10.8 Å². The molecular formula is C38H50N4O14S2. The van der Waals surface area contributed by atoms with Gasteiger partial charge >= 0.3 is 0 Å². The highest BCUT2D eigenvalue weighted by Gasteiger charge is 2.20. The number of aromatic hydroxyl groups is 1. The van der Waals surface area contributed by atoms with Crippen LogP contribution >= 0.6 is 0 Å². The Morgan fingerprint density at radius 2 is 1.05 bits per heavy atom. The van der Waals surface area contributed by atoms with Crippen molar-refractivity contribution in [3.63, 3.8) is 0 Å². The predicted molar refractivity (Wildman–Crippen MR) is 218 cm³/mol. The standard InChI is InChI=1S/C19H24N4O2.C15H14O4.2C2H6O4S/c20-18(21)14-4-8-16(9-5-14)24-12-2-1-3-13-25-17-10-6-15(7-11-17)19(22)23;1-18-11-8-12(16)14(13(9-11)19-2)15(17)10-6-4-3-5-7-10;2*3-1-2-7(4,5)6/h4-11H,1-3,12-13H2,(H3,20,21)(H3,22,23);3-9,16H,1-2H3;2*3H,1-2H2,(H,4,5,6). The number of carbonyl (C=O) groups excluding carboxylic acids is 1. The van der Waals surface area contributed by atoms with E-state index < -0.39 is 45.0 Å². The molecular weight excluding hydrogens is 801 g/mol. The van der Waals surface area contributed by atoms with Crippen LogP contribution in [-0.4, -0.2) is 111 Å². The van der Waals surface area contributed by atoms with E-state index in [-0.39, 0.29) is 34.5 Å². The average molecular weight is 851 g/mol. The van der Waals surface area contributed by atoms with Crippen molar-refractivity contribution in [1.82, 2.24) is 0 Å². The number of nitrogens with two attached hydrogens (primary N) is 2. The lowest BCUT2D eigenvalue weighted by atomic mass is 10.0. The van der Waals surface area contributed by atoms with Crippen molar-refractivity contribution < 1.29 is 65.0 Å². The second-order valence-corrected chi connectivity index (χ2v) is 14.7. The number of unbranched alkanes of at least 4 members (excludes halogenated alkanes) is 2. The zero-order chi connectivity index (χ0) is 43.7. The second kappa shape index (κ2) is 26.2. The summed E-state index contributed by atoms with van der Waals surface area (Å²) in [6, 6.07) is 26.1. The highest BCUT2D eigenvalue weighted by Crippen LogP contribution is 2.34. The Balaban J connectivity index is 0.000000445. The fourth-order valence-corrected chi connectivity index (χ4v) is 4.73. The molecule has 0 heterocycles. The van der Waals surface area contributed by atoms with Crippen molar-refractivity contribution in [3.8, 4) is 28.7 Å². The number of nitrogen functional groups attached to an aromatic ring is 2. The van der Waals surface area contributed by atoms with Crippen LogP contribution in [0.5, 0.6) is 28.7 Å². The Morgan fingerprint density at radius 1 is 0.621 bits per heavy atom. The molecule has 0 aliphatic rings. The number of methoxy groups -OCH3 is 2. The van der Waals surface area contributed by atoms with Crippen LogP contribution in [0.3, 0.4) is 0 Å². The minimum Gasteiger partial charge on any atom is -0.507 e. The zero-order valence-electron chi connectivity index (χ0n) is 31.9. The number of phenols is 1. The summed E-state index contributed by atoms with van der Waals surface area (Å²) in [5, 5.41) is 40.4. The number of hydrogen-bond acceptors (Lipinski definition) is 14. The van der Waals surface area contributed by atoms with Gasteiger partial charge in [0.05, 0.1) is 52.2 Å². The van der Waals surface area contributed by atoms with Gasteiger partial charge in [-0.2, -0.15) is 16.8 Å².